The molecular formula is C11H21ClN4O2S. The second-order valence-corrected chi connectivity index (χ2v) is 6.46. The fourth-order valence-electron chi connectivity index (χ4n) is 2.53. The van der Waals surface area contributed by atoms with Gasteiger partial charge in [-0.15, -0.1) is 12.4 Å². The molecule has 2 rings (SSSR count). The molecule has 1 aliphatic rings. The lowest BCUT2D eigenvalue weighted by molar-refractivity contribution is 0.295. The van der Waals surface area contributed by atoms with Gasteiger partial charge in [-0.1, -0.05) is 12.8 Å². The molecule has 1 heterocycles. The molecular weight excluding hydrogens is 288 g/mol. The van der Waals surface area contributed by atoms with Gasteiger partial charge in [0.1, 0.15) is 0 Å². The molecule has 0 spiro atoms. The van der Waals surface area contributed by atoms with E-state index in [1.165, 1.54) is 16.9 Å². The van der Waals surface area contributed by atoms with Crippen LogP contribution in [0.5, 0.6) is 0 Å². The molecule has 1 fully saturated rings. The first-order chi connectivity index (χ1) is 8.54. The topological polar surface area (TPSA) is 90.0 Å². The van der Waals surface area contributed by atoms with Gasteiger partial charge in [-0.2, -0.15) is 5.10 Å². The Hall–Kier alpha value is -0.630. The van der Waals surface area contributed by atoms with Gasteiger partial charge in [0, 0.05) is 13.1 Å². The zero-order valence-corrected chi connectivity index (χ0v) is 12.6. The first-order valence-corrected chi connectivity index (χ1v) is 7.73. The van der Waals surface area contributed by atoms with E-state index < -0.39 is 10.0 Å². The maximum absolute atomic E-state index is 12.2. The minimum absolute atomic E-state index is 0. The summed E-state index contributed by atoms with van der Waals surface area (Å²) < 4.78 is 28.6. The van der Waals surface area contributed by atoms with E-state index in [4.69, 9.17) is 5.73 Å². The van der Waals surface area contributed by atoms with Crippen molar-refractivity contribution in [3.05, 3.63) is 12.3 Å². The van der Waals surface area contributed by atoms with E-state index in [0.717, 1.165) is 25.7 Å². The van der Waals surface area contributed by atoms with Crippen LogP contribution in [0.2, 0.25) is 0 Å². The summed E-state index contributed by atoms with van der Waals surface area (Å²) in [5.41, 5.74) is 5.71. The molecule has 0 amide bonds. The number of rotatable bonds is 4. The van der Waals surface area contributed by atoms with E-state index >= 15 is 0 Å². The quantitative estimate of drug-likeness (QED) is 0.854. The van der Waals surface area contributed by atoms with Crippen molar-refractivity contribution in [2.75, 3.05) is 6.54 Å². The van der Waals surface area contributed by atoms with Crippen molar-refractivity contribution >= 4 is 22.4 Å². The van der Waals surface area contributed by atoms with Crippen LogP contribution >= 0.6 is 12.4 Å². The molecule has 2 unspecified atom stereocenters. The van der Waals surface area contributed by atoms with Crippen molar-refractivity contribution in [2.45, 2.75) is 36.8 Å². The molecule has 0 aliphatic heterocycles. The number of nitrogens with zero attached hydrogens (tertiary/aromatic N) is 2. The number of sulfonamides is 1. The Balaban J connectivity index is 0.00000180. The van der Waals surface area contributed by atoms with Gasteiger partial charge < -0.3 is 5.73 Å². The van der Waals surface area contributed by atoms with Gasteiger partial charge in [0.25, 0.3) is 10.0 Å². The summed E-state index contributed by atoms with van der Waals surface area (Å²) in [5.74, 6) is 0.238. The number of aromatic nitrogens is 2. The average Bonchev–Trinajstić information content (AvgIpc) is 2.76. The second kappa shape index (κ2) is 6.69. The molecule has 2 atom stereocenters. The van der Waals surface area contributed by atoms with Crippen molar-refractivity contribution in [1.29, 1.82) is 0 Å². The second-order valence-electron chi connectivity index (χ2n) is 4.80. The Bertz CT molecular complexity index is 503. The fourth-order valence-corrected chi connectivity index (χ4v) is 3.99. The number of aryl methyl sites for hydroxylation is 1. The number of nitrogens with one attached hydrogen (secondary N) is 1. The van der Waals surface area contributed by atoms with Gasteiger partial charge >= 0.3 is 0 Å². The lowest BCUT2D eigenvalue weighted by Crippen LogP contribution is -2.45. The minimum atomic E-state index is -3.50. The standard InChI is InChI=1S/C11H20N4O2S.ClH/c1-15-11(6-7-13-15)18(16,17)14-10-5-3-2-4-9(10)8-12;/h6-7,9-10,14H,2-5,8,12H2,1H3;1H. The van der Waals surface area contributed by atoms with Crippen molar-refractivity contribution < 1.29 is 8.42 Å². The SMILES string of the molecule is Cl.Cn1nccc1S(=O)(=O)NC1CCCCC1CN. The van der Waals surface area contributed by atoms with Gasteiger partial charge in [-0.3, -0.25) is 4.68 Å². The molecule has 1 saturated carbocycles. The molecule has 1 aromatic heterocycles. The Morgan fingerprint density at radius 3 is 2.74 bits per heavy atom. The summed E-state index contributed by atoms with van der Waals surface area (Å²) in [7, 11) is -1.87. The molecule has 3 N–H and O–H groups in total. The third kappa shape index (κ3) is 3.68. The van der Waals surface area contributed by atoms with Crippen LogP contribution in [0.4, 0.5) is 0 Å². The third-order valence-electron chi connectivity index (χ3n) is 3.57. The third-order valence-corrected chi connectivity index (χ3v) is 5.13. The van der Waals surface area contributed by atoms with Gasteiger partial charge in [-0.25, -0.2) is 13.1 Å². The van der Waals surface area contributed by atoms with Crippen molar-refractivity contribution in [3.8, 4) is 0 Å². The van der Waals surface area contributed by atoms with E-state index in [9.17, 15) is 8.42 Å². The summed E-state index contributed by atoms with van der Waals surface area (Å²) in [6.45, 7) is 0.526. The zero-order valence-electron chi connectivity index (χ0n) is 10.9. The van der Waals surface area contributed by atoms with Crippen molar-refractivity contribution in [2.24, 2.45) is 18.7 Å². The monoisotopic (exact) mass is 308 g/mol. The molecule has 1 aliphatic carbocycles. The van der Waals surface area contributed by atoms with E-state index in [-0.39, 0.29) is 29.4 Å². The van der Waals surface area contributed by atoms with E-state index in [1.807, 2.05) is 0 Å². The molecule has 1 aromatic rings. The first kappa shape index (κ1) is 16.4. The van der Waals surface area contributed by atoms with E-state index in [2.05, 4.69) is 9.82 Å². The largest absolute Gasteiger partial charge is 0.330 e. The summed E-state index contributed by atoms with van der Waals surface area (Å²) in [6, 6.07) is 1.45. The molecule has 8 heteroatoms. The normalized spacial score (nSPS) is 23.9. The molecule has 0 radical (unpaired) electrons. The Kier molecular flexibility index (Phi) is 5.79. The van der Waals surface area contributed by atoms with Crippen LogP contribution in [0.1, 0.15) is 25.7 Å². The predicted molar refractivity (Wildman–Crippen MR) is 75.6 cm³/mol. The number of halogens is 1. The van der Waals surface area contributed by atoms with Crippen LogP contribution in [-0.2, 0) is 17.1 Å². The lowest BCUT2D eigenvalue weighted by atomic mass is 9.85. The van der Waals surface area contributed by atoms with Crippen LogP contribution in [0.3, 0.4) is 0 Å². The minimum Gasteiger partial charge on any atom is -0.330 e. The Morgan fingerprint density at radius 2 is 2.16 bits per heavy atom. The zero-order chi connectivity index (χ0) is 13.2. The van der Waals surface area contributed by atoms with Gasteiger partial charge in [0.05, 0.1) is 6.20 Å². The highest BCUT2D eigenvalue weighted by Crippen LogP contribution is 2.24. The Morgan fingerprint density at radius 1 is 1.47 bits per heavy atom. The molecule has 6 nitrogen and oxygen atoms in total. The van der Waals surface area contributed by atoms with Crippen molar-refractivity contribution in [3.63, 3.8) is 0 Å². The smallest absolute Gasteiger partial charge is 0.257 e. The van der Waals surface area contributed by atoms with Crippen LogP contribution < -0.4 is 10.5 Å². The van der Waals surface area contributed by atoms with E-state index in [1.54, 1.807) is 7.05 Å². The summed E-state index contributed by atoms with van der Waals surface area (Å²) in [5, 5.41) is 4.09. The summed E-state index contributed by atoms with van der Waals surface area (Å²) >= 11 is 0. The maximum atomic E-state index is 12.2. The number of hydrogen-bond acceptors (Lipinski definition) is 4. The summed E-state index contributed by atoms with van der Waals surface area (Å²) in [4.78, 5) is 0. The molecule has 0 aromatic carbocycles. The molecule has 19 heavy (non-hydrogen) atoms. The highest BCUT2D eigenvalue weighted by molar-refractivity contribution is 7.89. The van der Waals surface area contributed by atoms with Crippen molar-refractivity contribution in [1.82, 2.24) is 14.5 Å². The molecule has 0 saturated heterocycles. The summed E-state index contributed by atoms with van der Waals surface area (Å²) in [6.07, 6.45) is 5.52. The van der Waals surface area contributed by atoms with Crippen LogP contribution in [0.25, 0.3) is 0 Å². The van der Waals surface area contributed by atoms with Crippen LogP contribution in [-0.4, -0.2) is 30.8 Å². The maximum Gasteiger partial charge on any atom is 0.257 e. The average molecular weight is 309 g/mol. The highest BCUT2D eigenvalue weighted by Gasteiger charge is 2.29. The predicted octanol–water partition coefficient (Wildman–Crippen LogP) is 0.638. The van der Waals surface area contributed by atoms with Crippen LogP contribution in [0.15, 0.2) is 17.3 Å². The van der Waals surface area contributed by atoms with Gasteiger partial charge in [-0.05, 0) is 31.4 Å². The lowest BCUT2D eigenvalue weighted by Gasteiger charge is -2.30. The fraction of sp³-hybridized carbons (Fsp3) is 0.727. The highest BCUT2D eigenvalue weighted by atomic mass is 35.5. The molecule has 0 bridgehead atoms. The van der Waals surface area contributed by atoms with Crippen LogP contribution in [0, 0.1) is 5.92 Å². The van der Waals surface area contributed by atoms with Gasteiger partial charge in [0.2, 0.25) is 0 Å². The Labute approximate surface area is 120 Å². The van der Waals surface area contributed by atoms with Gasteiger partial charge in [0.15, 0.2) is 5.03 Å². The number of nitrogens with two attached hydrogens (primary N) is 1. The molecule has 110 valence electrons. The first-order valence-electron chi connectivity index (χ1n) is 6.25. The number of hydrogen-bond donors (Lipinski definition) is 2. The van der Waals surface area contributed by atoms with E-state index in [0.29, 0.717) is 6.54 Å².